The van der Waals surface area contributed by atoms with Crippen LogP contribution in [0.15, 0.2) is 60.3 Å². The van der Waals surface area contributed by atoms with Crippen LogP contribution in [-0.4, -0.2) is 29.3 Å². The summed E-state index contributed by atoms with van der Waals surface area (Å²) in [7, 11) is 0. The third-order valence-corrected chi connectivity index (χ3v) is 3.99. The van der Waals surface area contributed by atoms with Crippen LogP contribution in [0.4, 0.5) is 10.5 Å². The summed E-state index contributed by atoms with van der Waals surface area (Å²) in [5.41, 5.74) is 2.85. The SMILES string of the molecule is CC(=O)Nc1ccc(/C=C2\C(=O)NC(=O)N2CCc2ccccc2)cc1. The van der Waals surface area contributed by atoms with E-state index in [1.807, 2.05) is 30.3 Å². The van der Waals surface area contributed by atoms with E-state index in [9.17, 15) is 14.4 Å². The van der Waals surface area contributed by atoms with Gasteiger partial charge in [0.15, 0.2) is 0 Å². The molecule has 0 aliphatic carbocycles. The molecule has 4 amide bonds. The topological polar surface area (TPSA) is 78.5 Å². The summed E-state index contributed by atoms with van der Waals surface area (Å²) in [5, 5.41) is 5.02. The fraction of sp³-hybridized carbons (Fsp3) is 0.150. The smallest absolute Gasteiger partial charge is 0.326 e. The molecule has 26 heavy (non-hydrogen) atoms. The predicted molar refractivity (Wildman–Crippen MR) is 99.1 cm³/mol. The molecule has 3 rings (SSSR count). The Labute approximate surface area is 151 Å². The van der Waals surface area contributed by atoms with Gasteiger partial charge in [0.25, 0.3) is 5.91 Å². The van der Waals surface area contributed by atoms with Crippen molar-refractivity contribution < 1.29 is 14.4 Å². The molecule has 0 atom stereocenters. The van der Waals surface area contributed by atoms with Gasteiger partial charge in [0.05, 0.1) is 0 Å². The fourth-order valence-electron chi connectivity index (χ4n) is 2.74. The van der Waals surface area contributed by atoms with Gasteiger partial charge in [-0.25, -0.2) is 4.79 Å². The molecule has 0 aromatic heterocycles. The van der Waals surface area contributed by atoms with E-state index in [1.54, 1.807) is 30.3 Å². The summed E-state index contributed by atoms with van der Waals surface area (Å²) in [4.78, 5) is 36.7. The molecule has 0 radical (unpaired) electrons. The van der Waals surface area contributed by atoms with E-state index >= 15 is 0 Å². The van der Waals surface area contributed by atoms with Gasteiger partial charge in [0.2, 0.25) is 5.91 Å². The van der Waals surface area contributed by atoms with Crippen molar-refractivity contribution in [2.45, 2.75) is 13.3 Å². The van der Waals surface area contributed by atoms with E-state index in [0.29, 0.717) is 24.4 Å². The minimum Gasteiger partial charge on any atom is -0.326 e. The van der Waals surface area contributed by atoms with Crippen molar-refractivity contribution in [2.24, 2.45) is 0 Å². The minimum absolute atomic E-state index is 0.149. The summed E-state index contributed by atoms with van der Waals surface area (Å²) in [6, 6.07) is 16.4. The van der Waals surface area contributed by atoms with Gasteiger partial charge in [0, 0.05) is 19.2 Å². The molecule has 2 aromatic carbocycles. The van der Waals surface area contributed by atoms with Gasteiger partial charge in [-0.15, -0.1) is 0 Å². The number of amides is 4. The molecule has 0 spiro atoms. The van der Waals surface area contributed by atoms with Crippen LogP contribution < -0.4 is 10.6 Å². The van der Waals surface area contributed by atoms with Crippen LogP contribution >= 0.6 is 0 Å². The molecule has 6 heteroatoms. The van der Waals surface area contributed by atoms with Crippen molar-refractivity contribution in [3.63, 3.8) is 0 Å². The Bertz CT molecular complexity index is 858. The lowest BCUT2D eigenvalue weighted by molar-refractivity contribution is -0.116. The van der Waals surface area contributed by atoms with Crippen molar-refractivity contribution >= 4 is 29.6 Å². The van der Waals surface area contributed by atoms with Crippen LogP contribution in [0.2, 0.25) is 0 Å². The lowest BCUT2D eigenvalue weighted by Gasteiger charge is -2.15. The third kappa shape index (κ3) is 4.16. The molecule has 2 aromatic rings. The molecule has 1 saturated heterocycles. The van der Waals surface area contributed by atoms with Gasteiger partial charge in [-0.2, -0.15) is 0 Å². The largest absolute Gasteiger partial charge is 0.329 e. The quantitative estimate of drug-likeness (QED) is 0.643. The van der Waals surface area contributed by atoms with Gasteiger partial charge in [0.1, 0.15) is 5.70 Å². The molecule has 1 fully saturated rings. The van der Waals surface area contributed by atoms with Crippen molar-refractivity contribution in [3.8, 4) is 0 Å². The number of nitrogens with zero attached hydrogens (tertiary/aromatic N) is 1. The zero-order valence-corrected chi connectivity index (χ0v) is 14.4. The first-order valence-electron chi connectivity index (χ1n) is 8.29. The average Bonchev–Trinajstić information content (AvgIpc) is 2.88. The second-order valence-electron chi connectivity index (χ2n) is 5.98. The highest BCUT2D eigenvalue weighted by atomic mass is 16.2. The number of urea groups is 1. The van der Waals surface area contributed by atoms with E-state index in [2.05, 4.69) is 10.6 Å². The van der Waals surface area contributed by atoms with Gasteiger partial charge in [-0.1, -0.05) is 42.5 Å². The maximum atomic E-state index is 12.1. The van der Waals surface area contributed by atoms with E-state index in [0.717, 1.165) is 11.1 Å². The second-order valence-corrected chi connectivity index (χ2v) is 5.98. The Hall–Kier alpha value is -3.41. The number of hydrogen-bond acceptors (Lipinski definition) is 3. The average molecular weight is 349 g/mol. The van der Waals surface area contributed by atoms with E-state index in [1.165, 1.54) is 11.8 Å². The summed E-state index contributed by atoms with van der Waals surface area (Å²) >= 11 is 0. The molecule has 6 nitrogen and oxygen atoms in total. The van der Waals surface area contributed by atoms with Crippen molar-refractivity contribution in [1.82, 2.24) is 10.2 Å². The summed E-state index contributed by atoms with van der Waals surface area (Å²) in [6.45, 7) is 1.85. The van der Waals surface area contributed by atoms with Gasteiger partial charge < -0.3 is 5.32 Å². The Balaban J connectivity index is 1.76. The van der Waals surface area contributed by atoms with Crippen LogP contribution in [0.25, 0.3) is 6.08 Å². The second kappa shape index (κ2) is 7.65. The van der Waals surface area contributed by atoms with Crippen molar-refractivity contribution in [2.75, 3.05) is 11.9 Å². The Morgan fingerprint density at radius 3 is 2.42 bits per heavy atom. The molecule has 0 unspecified atom stereocenters. The summed E-state index contributed by atoms with van der Waals surface area (Å²) < 4.78 is 0. The molecule has 132 valence electrons. The first-order chi connectivity index (χ1) is 12.5. The number of benzene rings is 2. The van der Waals surface area contributed by atoms with Crippen LogP contribution in [0, 0.1) is 0 Å². The summed E-state index contributed by atoms with van der Waals surface area (Å²) in [5.74, 6) is -0.557. The van der Waals surface area contributed by atoms with Crippen LogP contribution in [0.5, 0.6) is 0 Å². The first kappa shape index (κ1) is 17.4. The van der Waals surface area contributed by atoms with Crippen LogP contribution in [0.1, 0.15) is 18.1 Å². The number of carbonyl (C=O) groups excluding carboxylic acids is 3. The number of rotatable bonds is 5. The highest BCUT2D eigenvalue weighted by Gasteiger charge is 2.32. The van der Waals surface area contributed by atoms with E-state index < -0.39 is 11.9 Å². The third-order valence-electron chi connectivity index (χ3n) is 3.99. The molecule has 0 bridgehead atoms. The molecular weight excluding hydrogens is 330 g/mol. The maximum absolute atomic E-state index is 12.1. The Kier molecular flexibility index (Phi) is 5.12. The number of hydrogen-bond donors (Lipinski definition) is 2. The molecule has 1 aliphatic rings. The zero-order valence-electron chi connectivity index (χ0n) is 14.4. The van der Waals surface area contributed by atoms with Gasteiger partial charge >= 0.3 is 6.03 Å². The lowest BCUT2D eigenvalue weighted by atomic mass is 10.1. The van der Waals surface area contributed by atoms with Crippen LogP contribution in [-0.2, 0) is 16.0 Å². The zero-order chi connectivity index (χ0) is 18.5. The number of anilines is 1. The molecular formula is C20H19N3O3. The highest BCUT2D eigenvalue weighted by Crippen LogP contribution is 2.19. The predicted octanol–water partition coefficient (Wildman–Crippen LogP) is 2.78. The normalized spacial score (nSPS) is 15.3. The molecule has 1 heterocycles. The van der Waals surface area contributed by atoms with Gasteiger partial charge in [-0.05, 0) is 35.8 Å². The summed E-state index contributed by atoms with van der Waals surface area (Å²) in [6.07, 6.45) is 2.32. The Morgan fingerprint density at radius 2 is 1.77 bits per heavy atom. The van der Waals surface area contributed by atoms with Gasteiger partial charge in [-0.3, -0.25) is 19.8 Å². The lowest BCUT2D eigenvalue weighted by Crippen LogP contribution is -2.29. The molecule has 1 aliphatic heterocycles. The number of carbonyl (C=O) groups is 3. The molecule has 2 N–H and O–H groups in total. The van der Waals surface area contributed by atoms with E-state index in [-0.39, 0.29) is 5.91 Å². The Morgan fingerprint density at radius 1 is 1.08 bits per heavy atom. The standard InChI is InChI=1S/C20H19N3O3/c1-14(24)21-17-9-7-16(8-10-17)13-18-19(25)22-20(26)23(18)12-11-15-5-3-2-4-6-15/h2-10,13H,11-12H2,1H3,(H,21,24)(H,22,25,26)/b18-13+. The van der Waals surface area contributed by atoms with E-state index in [4.69, 9.17) is 0 Å². The number of nitrogens with one attached hydrogen (secondary N) is 2. The maximum Gasteiger partial charge on any atom is 0.329 e. The van der Waals surface area contributed by atoms with Crippen molar-refractivity contribution in [1.29, 1.82) is 0 Å². The monoisotopic (exact) mass is 349 g/mol. The van der Waals surface area contributed by atoms with Crippen molar-refractivity contribution in [3.05, 3.63) is 71.4 Å². The minimum atomic E-state index is -0.410. The first-order valence-corrected chi connectivity index (χ1v) is 8.29. The van der Waals surface area contributed by atoms with Crippen LogP contribution in [0.3, 0.4) is 0 Å². The number of imide groups is 1. The molecule has 0 saturated carbocycles. The fourth-order valence-corrected chi connectivity index (χ4v) is 2.74. The highest BCUT2D eigenvalue weighted by molar-refractivity contribution is 6.14.